The molecule has 1 aliphatic rings. The van der Waals surface area contributed by atoms with Crippen LogP contribution in [0, 0.1) is 5.92 Å². The Kier molecular flexibility index (Phi) is 4.36. The molecule has 0 aliphatic carbocycles. The van der Waals surface area contributed by atoms with E-state index in [9.17, 15) is 4.79 Å². The topological polar surface area (TPSA) is 56.1 Å². The van der Waals surface area contributed by atoms with Crippen molar-refractivity contribution in [2.45, 2.75) is 39.3 Å². The van der Waals surface area contributed by atoms with Crippen LogP contribution >= 0.6 is 0 Å². The molecule has 0 amide bonds. The van der Waals surface area contributed by atoms with Crippen molar-refractivity contribution in [3.63, 3.8) is 0 Å². The van der Waals surface area contributed by atoms with Gasteiger partial charge in [-0.3, -0.25) is 4.79 Å². The fraction of sp³-hybridized carbons (Fsp3) is 0.692. The first kappa shape index (κ1) is 13.1. The second kappa shape index (κ2) is 6.00. The lowest BCUT2D eigenvalue weighted by Crippen LogP contribution is -2.34. The first-order chi connectivity index (χ1) is 8.72. The van der Waals surface area contributed by atoms with Crippen molar-refractivity contribution in [1.29, 1.82) is 0 Å². The molecular weight excluding hydrogens is 230 g/mol. The van der Waals surface area contributed by atoms with Gasteiger partial charge in [0.05, 0.1) is 0 Å². The molecule has 2 heterocycles. The third-order valence-electron chi connectivity index (χ3n) is 3.59. The van der Waals surface area contributed by atoms with Crippen LogP contribution in [-0.2, 0) is 11.3 Å². The van der Waals surface area contributed by atoms with E-state index in [2.05, 4.69) is 17.2 Å². The molecule has 0 spiro atoms. The molecule has 1 aromatic heterocycles. The summed E-state index contributed by atoms with van der Waals surface area (Å²) in [5.41, 5.74) is -0.0427. The van der Waals surface area contributed by atoms with E-state index in [1.165, 1.54) is 0 Å². The minimum absolute atomic E-state index is 0.0427. The van der Waals surface area contributed by atoms with Gasteiger partial charge in [-0.25, -0.2) is 4.98 Å². The first-order valence-corrected chi connectivity index (χ1v) is 6.62. The summed E-state index contributed by atoms with van der Waals surface area (Å²) in [7, 11) is 0. The Labute approximate surface area is 107 Å². The Morgan fingerprint density at radius 3 is 2.94 bits per heavy atom. The molecule has 0 saturated carbocycles. The minimum atomic E-state index is -0.0427. The van der Waals surface area contributed by atoms with Crippen molar-refractivity contribution in [3.8, 4) is 0 Å². The molecule has 1 aliphatic heterocycles. The van der Waals surface area contributed by atoms with Crippen LogP contribution in [0.25, 0.3) is 0 Å². The highest BCUT2D eigenvalue weighted by atomic mass is 16.5. The summed E-state index contributed by atoms with van der Waals surface area (Å²) < 4.78 is 7.01. The average molecular weight is 251 g/mol. The first-order valence-electron chi connectivity index (χ1n) is 6.62. The fourth-order valence-corrected chi connectivity index (χ4v) is 2.34. The molecule has 0 bridgehead atoms. The maximum absolute atomic E-state index is 12.0. The van der Waals surface area contributed by atoms with E-state index in [4.69, 9.17) is 4.74 Å². The maximum atomic E-state index is 12.0. The summed E-state index contributed by atoms with van der Waals surface area (Å²) in [6, 6.07) is 0.252. The van der Waals surface area contributed by atoms with Gasteiger partial charge >= 0.3 is 0 Å². The van der Waals surface area contributed by atoms with Crippen LogP contribution in [0.5, 0.6) is 0 Å². The van der Waals surface area contributed by atoms with Crippen LogP contribution in [0.15, 0.2) is 17.2 Å². The fourth-order valence-electron chi connectivity index (χ4n) is 2.34. The third kappa shape index (κ3) is 2.90. The zero-order valence-corrected chi connectivity index (χ0v) is 11.1. The maximum Gasteiger partial charge on any atom is 0.293 e. The molecule has 18 heavy (non-hydrogen) atoms. The van der Waals surface area contributed by atoms with E-state index < -0.39 is 0 Å². The van der Waals surface area contributed by atoms with E-state index >= 15 is 0 Å². The van der Waals surface area contributed by atoms with Gasteiger partial charge < -0.3 is 14.6 Å². The smallest absolute Gasteiger partial charge is 0.293 e. The number of ether oxygens (including phenoxy) is 1. The van der Waals surface area contributed by atoms with E-state index in [0.717, 1.165) is 26.1 Å². The standard InChI is InChI=1S/C13H21N3O2/c1-3-16-7-6-14-12(13(16)17)15-10(2)11-4-8-18-9-5-11/h6-7,10-11H,3-5,8-9H2,1-2H3,(H,14,15). The summed E-state index contributed by atoms with van der Waals surface area (Å²) >= 11 is 0. The molecule has 1 aromatic rings. The van der Waals surface area contributed by atoms with Crippen molar-refractivity contribution in [2.75, 3.05) is 18.5 Å². The van der Waals surface area contributed by atoms with Crippen molar-refractivity contribution in [3.05, 3.63) is 22.7 Å². The van der Waals surface area contributed by atoms with Gasteiger partial charge in [0.25, 0.3) is 5.56 Å². The Balaban J connectivity index is 2.06. The summed E-state index contributed by atoms with van der Waals surface area (Å²) in [6.45, 7) is 6.37. The van der Waals surface area contributed by atoms with Crippen LogP contribution < -0.4 is 10.9 Å². The largest absolute Gasteiger partial charge is 0.381 e. The number of nitrogens with one attached hydrogen (secondary N) is 1. The number of rotatable bonds is 4. The molecule has 5 nitrogen and oxygen atoms in total. The number of hydrogen-bond donors (Lipinski definition) is 1. The van der Waals surface area contributed by atoms with Crippen molar-refractivity contribution in [1.82, 2.24) is 9.55 Å². The molecule has 5 heteroatoms. The van der Waals surface area contributed by atoms with Gasteiger partial charge in [0, 0.05) is 38.2 Å². The van der Waals surface area contributed by atoms with Crippen LogP contribution in [0.4, 0.5) is 5.82 Å². The second-order valence-electron chi connectivity index (χ2n) is 4.75. The number of hydrogen-bond acceptors (Lipinski definition) is 4. The molecular formula is C13H21N3O2. The van der Waals surface area contributed by atoms with Gasteiger partial charge in [-0.15, -0.1) is 0 Å². The minimum Gasteiger partial charge on any atom is -0.381 e. The van der Waals surface area contributed by atoms with E-state index in [1.54, 1.807) is 17.0 Å². The summed E-state index contributed by atoms with van der Waals surface area (Å²) in [5.74, 6) is 1.01. The van der Waals surface area contributed by atoms with Gasteiger partial charge in [0.2, 0.25) is 0 Å². The zero-order valence-electron chi connectivity index (χ0n) is 11.1. The highest BCUT2D eigenvalue weighted by Gasteiger charge is 2.21. The highest BCUT2D eigenvalue weighted by Crippen LogP contribution is 2.20. The molecule has 100 valence electrons. The second-order valence-corrected chi connectivity index (χ2v) is 4.75. The zero-order chi connectivity index (χ0) is 13.0. The quantitative estimate of drug-likeness (QED) is 0.881. The molecule has 0 aromatic carbocycles. The molecule has 1 N–H and O–H groups in total. The Morgan fingerprint density at radius 1 is 1.56 bits per heavy atom. The molecule has 1 unspecified atom stereocenters. The predicted octanol–water partition coefficient (Wildman–Crippen LogP) is 1.49. The lowest BCUT2D eigenvalue weighted by Gasteiger charge is -2.28. The Morgan fingerprint density at radius 2 is 2.28 bits per heavy atom. The van der Waals surface area contributed by atoms with Gasteiger partial charge in [-0.05, 0) is 32.6 Å². The summed E-state index contributed by atoms with van der Waals surface area (Å²) in [4.78, 5) is 16.2. The molecule has 0 radical (unpaired) electrons. The molecule has 1 atom stereocenters. The van der Waals surface area contributed by atoms with Gasteiger partial charge in [-0.2, -0.15) is 0 Å². The van der Waals surface area contributed by atoms with E-state index in [-0.39, 0.29) is 11.6 Å². The van der Waals surface area contributed by atoms with Crippen molar-refractivity contribution < 1.29 is 4.74 Å². The van der Waals surface area contributed by atoms with Crippen LogP contribution in [-0.4, -0.2) is 28.8 Å². The summed E-state index contributed by atoms with van der Waals surface area (Å²) in [5, 5.41) is 3.25. The van der Waals surface area contributed by atoms with Gasteiger partial charge in [-0.1, -0.05) is 0 Å². The Hall–Kier alpha value is -1.36. The molecule has 1 saturated heterocycles. The highest BCUT2D eigenvalue weighted by molar-refractivity contribution is 5.32. The lowest BCUT2D eigenvalue weighted by molar-refractivity contribution is 0.0622. The number of aryl methyl sites for hydroxylation is 1. The normalized spacial score (nSPS) is 18.6. The summed E-state index contributed by atoms with van der Waals surface area (Å²) in [6.07, 6.45) is 5.47. The third-order valence-corrected chi connectivity index (χ3v) is 3.59. The van der Waals surface area contributed by atoms with E-state index in [0.29, 0.717) is 18.3 Å². The van der Waals surface area contributed by atoms with Gasteiger partial charge in [0.1, 0.15) is 0 Å². The number of aromatic nitrogens is 2. The van der Waals surface area contributed by atoms with Crippen LogP contribution in [0.2, 0.25) is 0 Å². The predicted molar refractivity (Wildman–Crippen MR) is 70.8 cm³/mol. The molecule has 2 rings (SSSR count). The number of anilines is 1. The molecule has 1 fully saturated rings. The van der Waals surface area contributed by atoms with Crippen LogP contribution in [0.1, 0.15) is 26.7 Å². The average Bonchev–Trinajstić information content (AvgIpc) is 2.42. The monoisotopic (exact) mass is 251 g/mol. The SMILES string of the molecule is CCn1ccnc(NC(C)C2CCOCC2)c1=O. The number of nitrogens with zero attached hydrogens (tertiary/aromatic N) is 2. The van der Waals surface area contributed by atoms with Crippen molar-refractivity contribution in [2.24, 2.45) is 5.92 Å². The van der Waals surface area contributed by atoms with Crippen molar-refractivity contribution >= 4 is 5.82 Å². The Bertz CT molecular complexity index is 438. The lowest BCUT2D eigenvalue weighted by atomic mass is 9.93. The van der Waals surface area contributed by atoms with E-state index in [1.807, 2.05) is 6.92 Å². The van der Waals surface area contributed by atoms with Crippen LogP contribution in [0.3, 0.4) is 0 Å². The van der Waals surface area contributed by atoms with Gasteiger partial charge in [0.15, 0.2) is 5.82 Å².